The number of fused-ring (bicyclic) bond motifs is 1. The fourth-order valence-corrected chi connectivity index (χ4v) is 6.88. The summed E-state index contributed by atoms with van der Waals surface area (Å²) in [5.41, 5.74) is 4.98. The van der Waals surface area contributed by atoms with Gasteiger partial charge in [-0.3, -0.25) is 4.98 Å². The average Bonchev–Trinajstić information content (AvgIpc) is 3.71. The number of oxazole rings is 1. The highest BCUT2D eigenvalue weighted by molar-refractivity contribution is 7.93. The summed E-state index contributed by atoms with van der Waals surface area (Å²) in [5.74, 6) is 0. The summed E-state index contributed by atoms with van der Waals surface area (Å²) in [4.78, 5) is 8.90. The maximum atomic E-state index is 14.1. The average molecular weight is 618 g/mol. The first-order valence-corrected chi connectivity index (χ1v) is 17.1. The van der Waals surface area contributed by atoms with Crippen LogP contribution in [0, 0.1) is 0 Å². The maximum Gasteiger partial charge on any atom is 0.316 e. The number of anilines is 3. The van der Waals surface area contributed by atoms with Gasteiger partial charge in [-0.25, -0.2) is 8.42 Å². The van der Waals surface area contributed by atoms with E-state index in [4.69, 9.17) is 4.42 Å². The number of benzene rings is 2. The summed E-state index contributed by atoms with van der Waals surface area (Å²) < 4.78 is 35.3. The van der Waals surface area contributed by atoms with Gasteiger partial charge in [0, 0.05) is 36.7 Å². The molecule has 10 heteroatoms. The van der Waals surface area contributed by atoms with Crippen molar-refractivity contribution < 1.29 is 17.9 Å². The molecule has 4 aromatic rings. The molecule has 1 atom stereocenters. The third kappa shape index (κ3) is 8.05. The van der Waals surface area contributed by atoms with Crippen molar-refractivity contribution in [2.75, 3.05) is 29.3 Å². The number of nitrogens with one attached hydrogen (secondary N) is 2. The number of hydrogen-bond acceptors (Lipinski definition) is 8. The van der Waals surface area contributed by atoms with Gasteiger partial charge in [0.2, 0.25) is 0 Å². The molecule has 5 rings (SSSR count). The van der Waals surface area contributed by atoms with Gasteiger partial charge in [0.1, 0.15) is 6.26 Å². The molecule has 2 aromatic carbocycles. The molecule has 3 heterocycles. The Hall–Kier alpha value is -3.73. The van der Waals surface area contributed by atoms with E-state index in [1.807, 2.05) is 24.3 Å². The zero-order chi connectivity index (χ0) is 30.8. The van der Waals surface area contributed by atoms with Crippen LogP contribution in [0.2, 0.25) is 0 Å². The van der Waals surface area contributed by atoms with Crippen LogP contribution in [0.15, 0.2) is 82.6 Å². The van der Waals surface area contributed by atoms with Gasteiger partial charge in [-0.1, -0.05) is 57.2 Å². The smallest absolute Gasteiger partial charge is 0.316 e. The number of hydrogen-bond donors (Lipinski definition) is 3. The summed E-state index contributed by atoms with van der Waals surface area (Å²) >= 11 is 0. The summed E-state index contributed by atoms with van der Waals surface area (Å²) in [6, 6.07) is 16.3. The summed E-state index contributed by atoms with van der Waals surface area (Å²) in [5, 5.41) is 16.9. The minimum atomic E-state index is -4.02. The van der Waals surface area contributed by atoms with Gasteiger partial charge >= 0.3 is 6.01 Å². The highest BCUT2D eigenvalue weighted by Gasteiger charge is 2.31. The van der Waals surface area contributed by atoms with Crippen LogP contribution in [0.5, 0.6) is 0 Å². The number of aliphatic hydroxyl groups excluding tert-OH is 1. The van der Waals surface area contributed by atoms with Crippen LogP contribution in [-0.2, 0) is 29.3 Å². The van der Waals surface area contributed by atoms with Gasteiger partial charge in [0.05, 0.1) is 22.4 Å². The number of sulfonamides is 1. The van der Waals surface area contributed by atoms with E-state index in [0.29, 0.717) is 25.2 Å². The summed E-state index contributed by atoms with van der Waals surface area (Å²) in [6.45, 7) is 4.07. The Kier molecular flexibility index (Phi) is 11.0. The second-order valence-electron chi connectivity index (χ2n) is 11.3. The number of aryl methyl sites for hydroxylation is 1. The Labute approximate surface area is 260 Å². The molecule has 0 bridgehead atoms. The normalized spacial score (nSPS) is 13.4. The summed E-state index contributed by atoms with van der Waals surface area (Å²) in [6.07, 6.45) is 13.5. The van der Waals surface area contributed by atoms with Gasteiger partial charge in [-0.2, -0.15) is 9.29 Å². The van der Waals surface area contributed by atoms with Crippen LogP contribution in [0.3, 0.4) is 0 Å². The third-order valence-electron chi connectivity index (χ3n) is 7.99. The Morgan fingerprint density at radius 2 is 1.86 bits per heavy atom. The third-order valence-corrected chi connectivity index (χ3v) is 9.69. The Bertz CT molecular complexity index is 1570. The summed E-state index contributed by atoms with van der Waals surface area (Å²) in [7, 11) is -4.02. The molecule has 3 N–H and O–H groups in total. The van der Waals surface area contributed by atoms with E-state index in [1.165, 1.54) is 30.0 Å². The molecule has 9 nitrogen and oxygen atoms in total. The highest BCUT2D eigenvalue weighted by Crippen LogP contribution is 2.34. The largest absolute Gasteiger partial charge is 0.431 e. The van der Waals surface area contributed by atoms with Gasteiger partial charge < -0.3 is 20.2 Å². The molecular formula is C34H43N5O4S. The van der Waals surface area contributed by atoms with Crippen molar-refractivity contribution in [3.8, 4) is 0 Å². The SMILES string of the molecule is CCCCCCCCc1coc(N(c2ccc(CCNCC(O)c3cccnc3)cc2)S(=O)(=O)c2ccc3c(c2)CCN3)n1. The van der Waals surface area contributed by atoms with Crippen molar-refractivity contribution >= 4 is 27.4 Å². The molecule has 234 valence electrons. The van der Waals surface area contributed by atoms with Crippen molar-refractivity contribution in [1.82, 2.24) is 15.3 Å². The van der Waals surface area contributed by atoms with Crippen molar-refractivity contribution in [1.29, 1.82) is 0 Å². The molecule has 0 fully saturated rings. The van der Waals surface area contributed by atoms with Crippen LogP contribution in [0.4, 0.5) is 17.4 Å². The monoisotopic (exact) mass is 617 g/mol. The van der Waals surface area contributed by atoms with Gasteiger partial charge in [0.25, 0.3) is 10.0 Å². The number of aromatic nitrogens is 2. The predicted molar refractivity (Wildman–Crippen MR) is 174 cm³/mol. The Balaban J connectivity index is 1.29. The van der Waals surface area contributed by atoms with Crippen LogP contribution < -0.4 is 14.9 Å². The second kappa shape index (κ2) is 15.3. The number of pyridine rings is 1. The minimum absolute atomic E-state index is 0.0448. The maximum absolute atomic E-state index is 14.1. The molecule has 0 radical (unpaired) electrons. The van der Waals surface area contributed by atoms with Crippen LogP contribution in [0.1, 0.15) is 73.9 Å². The van der Waals surface area contributed by atoms with Gasteiger partial charge in [0.15, 0.2) is 0 Å². The van der Waals surface area contributed by atoms with E-state index in [0.717, 1.165) is 60.3 Å². The molecule has 44 heavy (non-hydrogen) atoms. The fourth-order valence-electron chi connectivity index (χ4n) is 5.45. The molecule has 0 saturated carbocycles. The van der Waals surface area contributed by atoms with E-state index in [-0.39, 0.29) is 10.9 Å². The minimum Gasteiger partial charge on any atom is -0.431 e. The molecule has 0 aliphatic carbocycles. The molecule has 0 spiro atoms. The zero-order valence-electron chi connectivity index (χ0n) is 25.4. The Morgan fingerprint density at radius 1 is 1.05 bits per heavy atom. The first-order chi connectivity index (χ1) is 21.5. The van der Waals surface area contributed by atoms with Crippen molar-refractivity contribution in [3.05, 3.63) is 95.6 Å². The second-order valence-corrected chi connectivity index (χ2v) is 13.1. The predicted octanol–water partition coefficient (Wildman–Crippen LogP) is 6.33. The lowest BCUT2D eigenvalue weighted by Gasteiger charge is -2.21. The Morgan fingerprint density at radius 3 is 2.66 bits per heavy atom. The number of rotatable bonds is 17. The fraction of sp³-hybridized carbons (Fsp3) is 0.412. The van der Waals surface area contributed by atoms with Crippen LogP contribution in [0.25, 0.3) is 0 Å². The van der Waals surface area contributed by atoms with E-state index >= 15 is 0 Å². The van der Waals surface area contributed by atoms with Crippen LogP contribution in [-0.4, -0.2) is 43.1 Å². The number of aliphatic hydroxyl groups is 1. The molecule has 2 aromatic heterocycles. The molecule has 1 aliphatic heterocycles. The molecule has 0 saturated heterocycles. The zero-order valence-corrected chi connectivity index (χ0v) is 26.2. The van der Waals surface area contributed by atoms with E-state index < -0.39 is 16.1 Å². The van der Waals surface area contributed by atoms with E-state index in [2.05, 4.69) is 27.5 Å². The lowest BCUT2D eigenvalue weighted by molar-refractivity contribution is 0.174. The lowest BCUT2D eigenvalue weighted by Crippen LogP contribution is -2.27. The van der Waals surface area contributed by atoms with Crippen molar-refractivity contribution in [3.63, 3.8) is 0 Å². The first kappa shape index (κ1) is 31.7. The topological polar surface area (TPSA) is 121 Å². The molecular weight excluding hydrogens is 574 g/mol. The van der Waals surface area contributed by atoms with Crippen molar-refractivity contribution in [2.24, 2.45) is 0 Å². The number of nitrogens with zero attached hydrogens (tertiary/aromatic N) is 3. The van der Waals surface area contributed by atoms with E-state index in [1.54, 1.807) is 49.0 Å². The number of unbranched alkanes of at least 4 members (excludes halogenated alkanes) is 5. The molecule has 1 unspecified atom stereocenters. The van der Waals surface area contributed by atoms with E-state index in [9.17, 15) is 13.5 Å². The van der Waals surface area contributed by atoms with Crippen LogP contribution >= 0.6 is 0 Å². The highest BCUT2D eigenvalue weighted by atomic mass is 32.2. The standard InChI is InChI=1S/C34H43N5O4S/c1-2-3-4-5-6-7-10-29-25-43-34(38-29)39(44(41,42)31-15-16-32-27(22-31)18-21-37-32)30-13-11-26(12-14-30)17-20-36-24-33(40)28-9-8-19-35-23-28/h8-9,11-16,19,22-23,25,33,36-37,40H,2-7,10,17-18,20-21,24H2,1H3. The molecule has 0 amide bonds. The van der Waals surface area contributed by atoms with Crippen molar-refractivity contribution in [2.45, 2.75) is 75.7 Å². The first-order valence-electron chi connectivity index (χ1n) is 15.7. The van der Waals surface area contributed by atoms with Gasteiger partial charge in [-0.05, 0) is 79.8 Å². The lowest BCUT2D eigenvalue weighted by atomic mass is 10.1. The molecule has 1 aliphatic rings. The quantitative estimate of drug-likeness (QED) is 0.118. The van der Waals surface area contributed by atoms with Gasteiger partial charge in [-0.15, -0.1) is 0 Å².